The molecule has 2 aromatic rings. The number of aliphatic hydroxyl groups excluding tert-OH is 2. The first kappa shape index (κ1) is 15.8. The van der Waals surface area contributed by atoms with E-state index in [1.165, 1.54) is 0 Å². The monoisotopic (exact) mass is 340 g/mol. The SMILES string of the molecule is Nc1n[nH]c(C(=O)N2CCCn3nc([C@@H](O)CO)cc3C2)c1Cl. The largest absolute Gasteiger partial charge is 0.393 e. The third kappa shape index (κ3) is 2.90. The van der Waals surface area contributed by atoms with Crippen molar-refractivity contribution in [3.63, 3.8) is 0 Å². The fourth-order valence-corrected chi connectivity index (χ4v) is 2.72. The van der Waals surface area contributed by atoms with Crippen LogP contribution in [0.4, 0.5) is 5.82 Å². The Labute approximate surface area is 136 Å². The van der Waals surface area contributed by atoms with Gasteiger partial charge in [0.15, 0.2) is 5.82 Å². The number of halogens is 1. The fraction of sp³-hybridized carbons (Fsp3) is 0.462. The number of amides is 1. The summed E-state index contributed by atoms with van der Waals surface area (Å²) < 4.78 is 1.74. The molecule has 5 N–H and O–H groups in total. The number of aromatic nitrogens is 4. The third-order valence-corrected chi connectivity index (χ3v) is 4.16. The van der Waals surface area contributed by atoms with Crippen molar-refractivity contribution in [2.75, 3.05) is 18.9 Å². The second kappa shape index (κ2) is 6.19. The molecule has 2 aromatic heterocycles. The number of anilines is 1. The number of nitrogens with zero attached hydrogens (tertiary/aromatic N) is 4. The third-order valence-electron chi connectivity index (χ3n) is 3.78. The van der Waals surface area contributed by atoms with E-state index < -0.39 is 12.7 Å². The molecule has 0 fully saturated rings. The Morgan fingerprint density at radius 2 is 2.30 bits per heavy atom. The quantitative estimate of drug-likeness (QED) is 0.617. The van der Waals surface area contributed by atoms with Crippen molar-refractivity contribution in [3.8, 4) is 0 Å². The predicted octanol–water partition coefficient (Wildman–Crippen LogP) is -0.0864. The maximum atomic E-state index is 12.6. The number of nitrogens with one attached hydrogen (secondary N) is 1. The Balaban J connectivity index is 1.84. The molecule has 3 heterocycles. The van der Waals surface area contributed by atoms with Gasteiger partial charge in [-0.25, -0.2) is 0 Å². The average molecular weight is 341 g/mol. The normalized spacial score (nSPS) is 16.0. The molecule has 1 aliphatic rings. The smallest absolute Gasteiger partial charge is 0.273 e. The highest BCUT2D eigenvalue weighted by Crippen LogP contribution is 2.24. The highest BCUT2D eigenvalue weighted by Gasteiger charge is 2.26. The summed E-state index contributed by atoms with van der Waals surface area (Å²) in [6.07, 6.45) is -0.323. The number of carbonyl (C=O) groups is 1. The zero-order chi connectivity index (χ0) is 16.6. The number of fused-ring (bicyclic) bond motifs is 1. The number of H-pyrrole nitrogens is 1. The summed E-state index contributed by atoms with van der Waals surface area (Å²) in [4.78, 5) is 14.2. The van der Waals surface area contributed by atoms with Gasteiger partial charge in [-0.05, 0) is 12.5 Å². The highest BCUT2D eigenvalue weighted by molar-refractivity contribution is 6.35. The fourth-order valence-electron chi connectivity index (χ4n) is 2.56. The van der Waals surface area contributed by atoms with Crippen molar-refractivity contribution in [2.45, 2.75) is 25.6 Å². The number of carbonyl (C=O) groups excluding carboxylic acids is 1. The maximum absolute atomic E-state index is 12.6. The lowest BCUT2D eigenvalue weighted by atomic mass is 10.2. The van der Waals surface area contributed by atoms with Gasteiger partial charge in [-0.3, -0.25) is 14.6 Å². The number of hydrogen-bond acceptors (Lipinski definition) is 6. The first-order valence-electron chi connectivity index (χ1n) is 7.15. The number of nitrogen functional groups attached to an aromatic ring is 1. The van der Waals surface area contributed by atoms with Crippen LogP contribution >= 0.6 is 11.6 Å². The van der Waals surface area contributed by atoms with Gasteiger partial charge in [0, 0.05) is 13.1 Å². The Kier molecular flexibility index (Phi) is 4.24. The van der Waals surface area contributed by atoms with Crippen LogP contribution < -0.4 is 5.73 Å². The molecule has 1 amide bonds. The van der Waals surface area contributed by atoms with E-state index in [0.717, 1.165) is 5.69 Å². The molecule has 0 saturated heterocycles. The summed E-state index contributed by atoms with van der Waals surface area (Å²) in [5, 5.41) is 29.4. The molecular weight excluding hydrogens is 324 g/mol. The number of aliphatic hydroxyl groups is 2. The van der Waals surface area contributed by atoms with Crippen molar-refractivity contribution < 1.29 is 15.0 Å². The van der Waals surface area contributed by atoms with Crippen LogP contribution in [0.1, 0.15) is 34.4 Å². The van der Waals surface area contributed by atoms with E-state index in [2.05, 4.69) is 15.3 Å². The second-order valence-corrected chi connectivity index (χ2v) is 5.74. The van der Waals surface area contributed by atoms with Crippen LogP contribution in [0.3, 0.4) is 0 Å². The van der Waals surface area contributed by atoms with E-state index in [4.69, 9.17) is 22.4 Å². The molecule has 3 rings (SSSR count). The standard InChI is InChI=1S/C13H17ClN6O3/c14-10-11(16-17-12(10)15)13(23)19-2-1-3-20-7(5-19)4-8(18-20)9(22)6-21/h4,9,21-22H,1-3,5-6H2,(H3,15,16,17)/t9-/m0/s1. The zero-order valence-electron chi connectivity index (χ0n) is 12.2. The van der Waals surface area contributed by atoms with E-state index in [1.54, 1.807) is 15.6 Å². The Bertz CT molecular complexity index is 727. The molecule has 0 aliphatic carbocycles. The number of hydrogen-bond donors (Lipinski definition) is 4. The Hall–Kier alpha value is -2.10. The second-order valence-electron chi connectivity index (χ2n) is 5.36. The first-order chi connectivity index (χ1) is 11.0. The van der Waals surface area contributed by atoms with Gasteiger partial charge in [0.1, 0.15) is 16.8 Å². The molecule has 0 unspecified atom stereocenters. The maximum Gasteiger partial charge on any atom is 0.273 e. The molecular formula is C13H17ClN6O3. The summed E-state index contributed by atoms with van der Waals surface area (Å²) in [6.45, 7) is 1.08. The van der Waals surface area contributed by atoms with Gasteiger partial charge in [-0.1, -0.05) is 11.6 Å². The molecule has 1 aliphatic heterocycles. The molecule has 1 atom stereocenters. The van der Waals surface area contributed by atoms with Crippen LogP contribution in [0.15, 0.2) is 6.07 Å². The number of aryl methyl sites for hydroxylation is 1. The van der Waals surface area contributed by atoms with Gasteiger partial charge in [0.25, 0.3) is 5.91 Å². The summed E-state index contributed by atoms with van der Waals surface area (Å²) in [7, 11) is 0. The van der Waals surface area contributed by atoms with E-state index in [0.29, 0.717) is 31.7 Å². The highest BCUT2D eigenvalue weighted by atomic mass is 35.5. The van der Waals surface area contributed by atoms with Crippen molar-refractivity contribution in [1.82, 2.24) is 24.9 Å². The molecule has 0 saturated carbocycles. The summed E-state index contributed by atoms with van der Waals surface area (Å²) in [5.74, 6) is -0.207. The zero-order valence-corrected chi connectivity index (χ0v) is 13.0. The van der Waals surface area contributed by atoms with Gasteiger partial charge < -0.3 is 20.8 Å². The Morgan fingerprint density at radius 1 is 1.52 bits per heavy atom. The number of nitrogens with two attached hydrogens (primary N) is 1. The summed E-state index contributed by atoms with van der Waals surface area (Å²) >= 11 is 5.98. The minimum Gasteiger partial charge on any atom is -0.393 e. The molecule has 0 radical (unpaired) electrons. The van der Waals surface area contributed by atoms with Gasteiger partial charge in [-0.2, -0.15) is 10.2 Å². The van der Waals surface area contributed by atoms with E-state index in [1.807, 2.05) is 0 Å². The molecule has 0 aromatic carbocycles. The topological polar surface area (TPSA) is 133 Å². The van der Waals surface area contributed by atoms with Gasteiger partial charge >= 0.3 is 0 Å². The van der Waals surface area contributed by atoms with Crippen LogP contribution in [0, 0.1) is 0 Å². The van der Waals surface area contributed by atoms with Crippen LogP contribution in [-0.4, -0.2) is 54.1 Å². The summed E-state index contributed by atoms with van der Waals surface area (Å²) in [5.41, 5.74) is 6.89. The first-order valence-corrected chi connectivity index (χ1v) is 7.53. The van der Waals surface area contributed by atoms with Crippen molar-refractivity contribution in [3.05, 3.63) is 28.2 Å². The van der Waals surface area contributed by atoms with Gasteiger partial charge in [-0.15, -0.1) is 0 Å². The molecule has 23 heavy (non-hydrogen) atoms. The summed E-state index contributed by atoms with van der Waals surface area (Å²) in [6, 6.07) is 1.69. The van der Waals surface area contributed by atoms with Crippen molar-refractivity contribution in [2.24, 2.45) is 0 Å². The minimum absolute atomic E-state index is 0.0863. The van der Waals surface area contributed by atoms with Crippen LogP contribution in [0.2, 0.25) is 5.02 Å². The van der Waals surface area contributed by atoms with Crippen molar-refractivity contribution >= 4 is 23.3 Å². The minimum atomic E-state index is -1.03. The molecule has 124 valence electrons. The average Bonchev–Trinajstić information content (AvgIpc) is 3.03. The van der Waals surface area contributed by atoms with E-state index in [9.17, 15) is 9.90 Å². The van der Waals surface area contributed by atoms with Gasteiger partial charge in [0.2, 0.25) is 0 Å². The lowest BCUT2D eigenvalue weighted by Gasteiger charge is -2.19. The van der Waals surface area contributed by atoms with Crippen LogP contribution in [-0.2, 0) is 13.1 Å². The molecule has 10 heteroatoms. The van der Waals surface area contributed by atoms with E-state index >= 15 is 0 Å². The van der Waals surface area contributed by atoms with Gasteiger partial charge in [0.05, 0.1) is 24.5 Å². The predicted molar refractivity (Wildman–Crippen MR) is 81.6 cm³/mol. The lowest BCUT2D eigenvalue weighted by molar-refractivity contribution is 0.0739. The van der Waals surface area contributed by atoms with Crippen molar-refractivity contribution in [1.29, 1.82) is 0 Å². The molecule has 0 bridgehead atoms. The number of aromatic amines is 1. The molecule has 0 spiro atoms. The van der Waals surface area contributed by atoms with Crippen LogP contribution in [0.25, 0.3) is 0 Å². The van der Waals surface area contributed by atoms with Crippen LogP contribution in [0.5, 0.6) is 0 Å². The lowest BCUT2D eigenvalue weighted by Crippen LogP contribution is -2.31. The Morgan fingerprint density at radius 3 is 2.96 bits per heavy atom. The molecule has 9 nitrogen and oxygen atoms in total. The van der Waals surface area contributed by atoms with E-state index in [-0.39, 0.29) is 22.4 Å². The number of rotatable bonds is 3.